The van der Waals surface area contributed by atoms with Crippen molar-refractivity contribution >= 4 is 18.3 Å². The standard InChI is InChI=1S/C16H22F2N2O.ClH/c1-19-13-7-9-20(10-8-13)16(21)4-2-3-12-5-6-14(17)15(18)11-12;/h5-6,11,13,19H,2-4,7-10H2,1H3;1H. The summed E-state index contributed by atoms with van der Waals surface area (Å²) in [5, 5.41) is 3.23. The van der Waals surface area contributed by atoms with E-state index in [0.717, 1.165) is 37.6 Å². The molecule has 1 aliphatic rings. The summed E-state index contributed by atoms with van der Waals surface area (Å²) in [5.74, 6) is -1.50. The zero-order chi connectivity index (χ0) is 15.2. The van der Waals surface area contributed by atoms with Crippen LogP contribution in [0.1, 0.15) is 31.2 Å². The van der Waals surface area contributed by atoms with Gasteiger partial charge in [-0.3, -0.25) is 4.79 Å². The summed E-state index contributed by atoms with van der Waals surface area (Å²) in [6.45, 7) is 1.60. The molecule has 1 amide bonds. The topological polar surface area (TPSA) is 32.3 Å². The lowest BCUT2D eigenvalue weighted by Gasteiger charge is -2.31. The molecule has 1 fully saturated rings. The van der Waals surface area contributed by atoms with Crippen LogP contribution in [0, 0.1) is 11.6 Å². The molecule has 0 unspecified atom stereocenters. The molecule has 1 heterocycles. The van der Waals surface area contributed by atoms with Crippen molar-refractivity contribution in [3.63, 3.8) is 0 Å². The zero-order valence-corrected chi connectivity index (χ0v) is 13.6. The summed E-state index contributed by atoms with van der Waals surface area (Å²) in [6, 6.07) is 4.42. The second kappa shape index (κ2) is 9.06. The molecule has 124 valence electrons. The number of carbonyl (C=O) groups is 1. The highest BCUT2D eigenvalue weighted by molar-refractivity contribution is 5.85. The smallest absolute Gasteiger partial charge is 0.222 e. The summed E-state index contributed by atoms with van der Waals surface area (Å²) in [6.07, 6.45) is 3.70. The van der Waals surface area contributed by atoms with Gasteiger partial charge in [0.2, 0.25) is 5.91 Å². The lowest BCUT2D eigenvalue weighted by molar-refractivity contribution is -0.132. The van der Waals surface area contributed by atoms with Gasteiger partial charge in [-0.15, -0.1) is 12.4 Å². The van der Waals surface area contributed by atoms with Gasteiger partial charge in [0.15, 0.2) is 11.6 Å². The van der Waals surface area contributed by atoms with Crippen LogP contribution in [0.5, 0.6) is 0 Å². The lowest BCUT2D eigenvalue weighted by atomic mass is 10.0. The lowest BCUT2D eigenvalue weighted by Crippen LogP contribution is -2.43. The molecule has 0 aromatic heterocycles. The number of hydrogen-bond donors (Lipinski definition) is 1. The molecular formula is C16H23ClF2N2O. The van der Waals surface area contributed by atoms with Crippen molar-refractivity contribution in [1.82, 2.24) is 10.2 Å². The van der Waals surface area contributed by atoms with E-state index in [4.69, 9.17) is 0 Å². The largest absolute Gasteiger partial charge is 0.343 e. The number of nitrogens with one attached hydrogen (secondary N) is 1. The van der Waals surface area contributed by atoms with Crippen LogP contribution in [-0.4, -0.2) is 37.0 Å². The molecule has 0 aliphatic carbocycles. The Morgan fingerprint density at radius 1 is 1.27 bits per heavy atom. The molecule has 0 radical (unpaired) electrons. The Labute approximate surface area is 136 Å². The van der Waals surface area contributed by atoms with Crippen LogP contribution in [0.25, 0.3) is 0 Å². The van der Waals surface area contributed by atoms with Gasteiger partial charge in [-0.2, -0.15) is 0 Å². The van der Waals surface area contributed by atoms with E-state index < -0.39 is 11.6 Å². The molecule has 1 N–H and O–H groups in total. The van der Waals surface area contributed by atoms with E-state index in [0.29, 0.717) is 25.3 Å². The molecule has 0 spiro atoms. The molecule has 22 heavy (non-hydrogen) atoms. The van der Waals surface area contributed by atoms with Gasteiger partial charge >= 0.3 is 0 Å². The quantitative estimate of drug-likeness (QED) is 0.899. The van der Waals surface area contributed by atoms with Crippen LogP contribution in [0.3, 0.4) is 0 Å². The van der Waals surface area contributed by atoms with E-state index in [1.807, 2.05) is 11.9 Å². The first-order valence-electron chi connectivity index (χ1n) is 7.49. The van der Waals surface area contributed by atoms with Crippen LogP contribution in [0.4, 0.5) is 8.78 Å². The number of carbonyl (C=O) groups excluding carboxylic acids is 1. The molecule has 0 bridgehead atoms. The van der Waals surface area contributed by atoms with Crippen molar-refractivity contribution in [2.75, 3.05) is 20.1 Å². The third kappa shape index (κ3) is 5.21. The Balaban J connectivity index is 0.00000242. The molecule has 1 aromatic carbocycles. The predicted molar refractivity (Wildman–Crippen MR) is 85.2 cm³/mol. The number of rotatable bonds is 5. The molecule has 0 atom stereocenters. The van der Waals surface area contributed by atoms with E-state index in [9.17, 15) is 13.6 Å². The molecule has 1 aromatic rings. The first-order chi connectivity index (χ1) is 10.1. The zero-order valence-electron chi connectivity index (χ0n) is 12.8. The minimum absolute atomic E-state index is 0. The van der Waals surface area contributed by atoms with Gasteiger partial charge in [0.05, 0.1) is 0 Å². The first kappa shape index (κ1) is 18.8. The second-order valence-corrected chi connectivity index (χ2v) is 5.55. The number of piperidine rings is 1. The van der Waals surface area contributed by atoms with E-state index in [1.165, 1.54) is 6.07 Å². The van der Waals surface area contributed by atoms with Gasteiger partial charge < -0.3 is 10.2 Å². The number of hydrogen-bond acceptors (Lipinski definition) is 2. The van der Waals surface area contributed by atoms with Crippen molar-refractivity contribution in [3.8, 4) is 0 Å². The highest BCUT2D eigenvalue weighted by Crippen LogP contribution is 2.14. The fourth-order valence-corrected chi connectivity index (χ4v) is 2.71. The Hall–Kier alpha value is -1.20. The number of amides is 1. The van der Waals surface area contributed by atoms with Gasteiger partial charge in [0.25, 0.3) is 0 Å². The fraction of sp³-hybridized carbons (Fsp3) is 0.562. The number of aryl methyl sites for hydroxylation is 1. The summed E-state index contributed by atoms with van der Waals surface area (Å²) >= 11 is 0. The molecule has 0 saturated carbocycles. The summed E-state index contributed by atoms with van der Waals surface area (Å²) in [4.78, 5) is 14.0. The third-order valence-electron chi connectivity index (χ3n) is 4.10. The van der Waals surface area contributed by atoms with Gasteiger partial charge in [-0.05, 0) is 50.4 Å². The van der Waals surface area contributed by atoms with Gasteiger partial charge in [-0.25, -0.2) is 8.78 Å². The van der Waals surface area contributed by atoms with Crippen molar-refractivity contribution in [2.45, 2.75) is 38.1 Å². The van der Waals surface area contributed by atoms with Crippen LogP contribution in [-0.2, 0) is 11.2 Å². The van der Waals surface area contributed by atoms with E-state index in [-0.39, 0.29) is 18.3 Å². The summed E-state index contributed by atoms with van der Waals surface area (Å²) in [7, 11) is 1.95. The highest BCUT2D eigenvalue weighted by Gasteiger charge is 2.21. The van der Waals surface area contributed by atoms with Gasteiger partial charge in [0, 0.05) is 25.6 Å². The minimum atomic E-state index is -0.831. The molecule has 1 aliphatic heterocycles. The molecule has 3 nitrogen and oxygen atoms in total. The van der Waals surface area contributed by atoms with Crippen molar-refractivity contribution < 1.29 is 13.6 Å². The monoisotopic (exact) mass is 332 g/mol. The predicted octanol–water partition coefficient (Wildman–Crippen LogP) is 2.92. The van der Waals surface area contributed by atoms with Crippen LogP contribution >= 0.6 is 12.4 Å². The van der Waals surface area contributed by atoms with Gasteiger partial charge in [-0.1, -0.05) is 6.07 Å². The molecule has 1 saturated heterocycles. The normalized spacial score (nSPS) is 15.5. The Morgan fingerprint density at radius 2 is 1.95 bits per heavy atom. The Morgan fingerprint density at radius 3 is 2.55 bits per heavy atom. The second-order valence-electron chi connectivity index (χ2n) is 5.55. The number of benzene rings is 1. The molecular weight excluding hydrogens is 310 g/mol. The molecule has 2 rings (SSSR count). The minimum Gasteiger partial charge on any atom is -0.343 e. The van der Waals surface area contributed by atoms with Gasteiger partial charge in [0.1, 0.15) is 0 Å². The SMILES string of the molecule is CNC1CCN(C(=O)CCCc2ccc(F)c(F)c2)CC1.Cl. The van der Waals surface area contributed by atoms with Crippen LogP contribution in [0.2, 0.25) is 0 Å². The number of likely N-dealkylation sites (tertiary alicyclic amines) is 1. The summed E-state index contributed by atoms with van der Waals surface area (Å²) in [5.41, 5.74) is 0.732. The van der Waals surface area contributed by atoms with E-state index in [1.54, 1.807) is 6.07 Å². The molecule has 6 heteroatoms. The Kier molecular flexibility index (Phi) is 7.76. The van der Waals surface area contributed by atoms with E-state index >= 15 is 0 Å². The van der Waals surface area contributed by atoms with Crippen molar-refractivity contribution in [1.29, 1.82) is 0 Å². The maximum atomic E-state index is 13.1. The van der Waals surface area contributed by atoms with Crippen molar-refractivity contribution in [3.05, 3.63) is 35.4 Å². The highest BCUT2D eigenvalue weighted by atomic mass is 35.5. The number of halogens is 3. The van der Waals surface area contributed by atoms with Crippen LogP contribution < -0.4 is 5.32 Å². The average Bonchev–Trinajstić information content (AvgIpc) is 2.51. The first-order valence-corrected chi connectivity index (χ1v) is 7.49. The summed E-state index contributed by atoms with van der Waals surface area (Å²) < 4.78 is 25.9. The maximum absolute atomic E-state index is 13.1. The average molecular weight is 333 g/mol. The Bertz CT molecular complexity index is 491. The number of nitrogens with zero attached hydrogens (tertiary/aromatic N) is 1. The van der Waals surface area contributed by atoms with Crippen molar-refractivity contribution in [2.24, 2.45) is 0 Å². The van der Waals surface area contributed by atoms with E-state index in [2.05, 4.69) is 5.32 Å². The van der Waals surface area contributed by atoms with Crippen LogP contribution in [0.15, 0.2) is 18.2 Å². The fourth-order valence-electron chi connectivity index (χ4n) is 2.71. The third-order valence-corrected chi connectivity index (χ3v) is 4.10. The maximum Gasteiger partial charge on any atom is 0.222 e.